The summed E-state index contributed by atoms with van der Waals surface area (Å²) < 4.78 is 0. The van der Waals surface area contributed by atoms with Gasteiger partial charge >= 0.3 is 0 Å². The number of carbonyl (C=O) groups excluding carboxylic acids is 1. The van der Waals surface area contributed by atoms with Gasteiger partial charge in [-0.1, -0.05) is 12.1 Å². The molecule has 0 saturated carbocycles. The first-order valence-electron chi connectivity index (χ1n) is 6.91. The topological polar surface area (TPSA) is 41.1 Å². The molecule has 0 radical (unpaired) electrons. The molecule has 20 heavy (non-hydrogen) atoms. The molecule has 2 heterocycles. The zero-order chi connectivity index (χ0) is 13.9. The van der Waals surface area contributed by atoms with Crippen LogP contribution in [0.15, 0.2) is 35.7 Å². The van der Waals surface area contributed by atoms with Gasteiger partial charge in [0.2, 0.25) is 0 Å². The van der Waals surface area contributed by atoms with E-state index in [1.165, 1.54) is 16.0 Å². The summed E-state index contributed by atoms with van der Waals surface area (Å²) in [6, 6.07) is 10.1. The van der Waals surface area contributed by atoms with Gasteiger partial charge in [-0.05, 0) is 54.6 Å². The monoisotopic (exact) mass is 286 g/mol. The van der Waals surface area contributed by atoms with Crippen molar-refractivity contribution in [2.75, 3.05) is 6.54 Å². The molecule has 0 spiro atoms. The number of hydrogen-bond donors (Lipinski definition) is 2. The molecular weight excluding hydrogens is 268 g/mol. The third-order valence-corrected chi connectivity index (χ3v) is 4.73. The zero-order valence-corrected chi connectivity index (χ0v) is 12.3. The Bertz CT molecular complexity index is 607. The van der Waals surface area contributed by atoms with Crippen molar-refractivity contribution in [3.05, 3.63) is 57.3 Å². The molecule has 0 fully saturated rings. The number of hydrogen-bond acceptors (Lipinski definition) is 3. The van der Waals surface area contributed by atoms with Crippen LogP contribution in [0.3, 0.4) is 0 Å². The van der Waals surface area contributed by atoms with E-state index in [1.54, 1.807) is 11.3 Å². The van der Waals surface area contributed by atoms with Crippen LogP contribution in [0.2, 0.25) is 0 Å². The molecule has 2 N–H and O–H groups in total. The summed E-state index contributed by atoms with van der Waals surface area (Å²) in [5, 5.41) is 8.43. The van der Waals surface area contributed by atoms with Crippen molar-refractivity contribution in [3.8, 4) is 0 Å². The van der Waals surface area contributed by atoms with E-state index in [2.05, 4.69) is 16.7 Å². The van der Waals surface area contributed by atoms with Crippen LogP contribution in [0.4, 0.5) is 0 Å². The second-order valence-electron chi connectivity index (χ2n) is 5.12. The Kier molecular flexibility index (Phi) is 3.85. The SMILES string of the molecule is C[C@@H](NC(=O)c1ccc2c(c1)CNCC2)c1cccs1. The van der Waals surface area contributed by atoms with E-state index in [1.807, 2.05) is 36.6 Å². The van der Waals surface area contributed by atoms with Crippen molar-refractivity contribution in [2.45, 2.75) is 25.9 Å². The maximum Gasteiger partial charge on any atom is 0.251 e. The highest BCUT2D eigenvalue weighted by molar-refractivity contribution is 7.10. The van der Waals surface area contributed by atoms with Crippen molar-refractivity contribution in [2.24, 2.45) is 0 Å². The smallest absolute Gasteiger partial charge is 0.251 e. The molecule has 0 unspecified atom stereocenters. The minimum absolute atomic E-state index is 0.000673. The maximum absolute atomic E-state index is 12.3. The molecule has 1 atom stereocenters. The fraction of sp³-hybridized carbons (Fsp3) is 0.312. The van der Waals surface area contributed by atoms with Gasteiger partial charge < -0.3 is 10.6 Å². The Balaban J connectivity index is 1.74. The summed E-state index contributed by atoms with van der Waals surface area (Å²) in [5.74, 6) is -0.000673. The van der Waals surface area contributed by atoms with Crippen LogP contribution in [0, 0.1) is 0 Å². The molecule has 1 aliphatic rings. The van der Waals surface area contributed by atoms with E-state index in [4.69, 9.17) is 0 Å². The molecule has 0 aliphatic carbocycles. The van der Waals surface area contributed by atoms with Gasteiger partial charge in [-0.25, -0.2) is 0 Å². The highest BCUT2D eigenvalue weighted by Crippen LogP contribution is 2.20. The summed E-state index contributed by atoms with van der Waals surface area (Å²) in [6.07, 6.45) is 1.04. The van der Waals surface area contributed by atoms with Crippen LogP contribution in [-0.4, -0.2) is 12.5 Å². The van der Waals surface area contributed by atoms with E-state index in [0.717, 1.165) is 25.1 Å². The number of amides is 1. The van der Waals surface area contributed by atoms with Gasteiger partial charge in [0, 0.05) is 17.0 Å². The van der Waals surface area contributed by atoms with Crippen molar-refractivity contribution in [3.63, 3.8) is 0 Å². The van der Waals surface area contributed by atoms with E-state index < -0.39 is 0 Å². The van der Waals surface area contributed by atoms with Crippen LogP contribution < -0.4 is 10.6 Å². The van der Waals surface area contributed by atoms with E-state index in [0.29, 0.717) is 0 Å². The first-order chi connectivity index (χ1) is 9.74. The zero-order valence-electron chi connectivity index (χ0n) is 11.5. The number of nitrogens with one attached hydrogen (secondary N) is 2. The molecule has 1 aromatic carbocycles. The minimum atomic E-state index is -0.000673. The standard InChI is InChI=1S/C16H18N2OS/c1-11(15-3-2-8-20-15)18-16(19)13-5-4-12-6-7-17-10-14(12)9-13/h2-5,8-9,11,17H,6-7,10H2,1H3,(H,18,19)/t11-/m1/s1. The highest BCUT2D eigenvalue weighted by Gasteiger charge is 2.15. The van der Waals surface area contributed by atoms with Crippen molar-refractivity contribution < 1.29 is 4.79 Å². The quantitative estimate of drug-likeness (QED) is 0.911. The van der Waals surface area contributed by atoms with Gasteiger partial charge in [0.25, 0.3) is 5.91 Å². The normalized spacial score (nSPS) is 15.4. The number of fused-ring (bicyclic) bond motifs is 1. The fourth-order valence-electron chi connectivity index (χ4n) is 2.51. The van der Waals surface area contributed by atoms with Crippen LogP contribution in [0.5, 0.6) is 0 Å². The number of carbonyl (C=O) groups is 1. The Morgan fingerprint density at radius 3 is 3.05 bits per heavy atom. The second-order valence-corrected chi connectivity index (χ2v) is 6.10. The molecule has 1 aliphatic heterocycles. The number of benzene rings is 1. The van der Waals surface area contributed by atoms with Gasteiger partial charge in [-0.3, -0.25) is 4.79 Å². The molecule has 104 valence electrons. The van der Waals surface area contributed by atoms with Crippen LogP contribution >= 0.6 is 11.3 Å². The average Bonchev–Trinajstić information content (AvgIpc) is 3.01. The Labute approximate surface area is 123 Å². The molecule has 3 nitrogen and oxygen atoms in total. The van der Waals surface area contributed by atoms with Crippen LogP contribution in [0.1, 0.15) is 39.3 Å². The Morgan fingerprint density at radius 2 is 2.25 bits per heavy atom. The molecule has 1 aromatic heterocycles. The average molecular weight is 286 g/mol. The number of rotatable bonds is 3. The molecule has 0 saturated heterocycles. The first-order valence-corrected chi connectivity index (χ1v) is 7.79. The lowest BCUT2D eigenvalue weighted by Crippen LogP contribution is -2.27. The predicted molar refractivity (Wildman–Crippen MR) is 82.1 cm³/mol. The lowest BCUT2D eigenvalue weighted by Gasteiger charge is -2.18. The van der Waals surface area contributed by atoms with Crippen molar-refractivity contribution in [1.82, 2.24) is 10.6 Å². The summed E-state index contributed by atoms with van der Waals surface area (Å²) in [5.41, 5.74) is 3.34. The van der Waals surface area contributed by atoms with Crippen molar-refractivity contribution >= 4 is 17.2 Å². The molecule has 2 aromatic rings. The van der Waals surface area contributed by atoms with Gasteiger partial charge in [0.15, 0.2) is 0 Å². The minimum Gasteiger partial charge on any atom is -0.345 e. The van der Waals surface area contributed by atoms with Crippen LogP contribution in [0.25, 0.3) is 0 Å². The lowest BCUT2D eigenvalue weighted by molar-refractivity contribution is 0.0940. The molecule has 3 rings (SSSR count). The third-order valence-electron chi connectivity index (χ3n) is 3.67. The number of thiophene rings is 1. The maximum atomic E-state index is 12.3. The summed E-state index contributed by atoms with van der Waals surface area (Å²) in [7, 11) is 0. The Hall–Kier alpha value is -1.65. The highest BCUT2D eigenvalue weighted by atomic mass is 32.1. The fourth-order valence-corrected chi connectivity index (χ4v) is 3.24. The van der Waals surface area contributed by atoms with Gasteiger partial charge in [-0.2, -0.15) is 0 Å². The van der Waals surface area contributed by atoms with Gasteiger partial charge in [-0.15, -0.1) is 11.3 Å². The molecule has 4 heteroatoms. The van der Waals surface area contributed by atoms with Crippen LogP contribution in [-0.2, 0) is 13.0 Å². The summed E-state index contributed by atoms with van der Waals surface area (Å²) in [6.45, 7) is 3.90. The summed E-state index contributed by atoms with van der Waals surface area (Å²) in [4.78, 5) is 13.5. The van der Waals surface area contributed by atoms with E-state index in [-0.39, 0.29) is 11.9 Å². The van der Waals surface area contributed by atoms with Crippen molar-refractivity contribution in [1.29, 1.82) is 0 Å². The van der Waals surface area contributed by atoms with Gasteiger partial charge in [0.05, 0.1) is 6.04 Å². The molecule has 1 amide bonds. The molecule has 0 bridgehead atoms. The second kappa shape index (κ2) is 5.77. The Morgan fingerprint density at radius 1 is 1.35 bits per heavy atom. The van der Waals surface area contributed by atoms with E-state index >= 15 is 0 Å². The third kappa shape index (κ3) is 2.76. The first kappa shape index (κ1) is 13.3. The van der Waals surface area contributed by atoms with Gasteiger partial charge in [0.1, 0.15) is 0 Å². The molecular formula is C16H18N2OS. The predicted octanol–water partition coefficient (Wildman–Crippen LogP) is 2.88. The van der Waals surface area contributed by atoms with E-state index in [9.17, 15) is 4.79 Å². The largest absolute Gasteiger partial charge is 0.345 e. The summed E-state index contributed by atoms with van der Waals surface area (Å²) >= 11 is 1.67. The lowest BCUT2D eigenvalue weighted by atomic mass is 9.98.